The summed E-state index contributed by atoms with van der Waals surface area (Å²) in [5.74, 6) is -0.598. The summed E-state index contributed by atoms with van der Waals surface area (Å²) in [6.45, 7) is 5.93. The number of benzene rings is 3. The summed E-state index contributed by atoms with van der Waals surface area (Å²) in [5.41, 5.74) is 0.804. The number of carbonyl (C=O) groups is 1. The third kappa shape index (κ3) is 8.26. The van der Waals surface area contributed by atoms with Gasteiger partial charge in [-0.1, -0.05) is 56.6 Å². The number of hydrogen-bond donors (Lipinski definition) is 3. The number of halogens is 2. The molecule has 0 fully saturated rings. The van der Waals surface area contributed by atoms with Crippen molar-refractivity contribution in [2.45, 2.75) is 31.1 Å². The fourth-order valence-electron chi connectivity index (χ4n) is 3.79. The van der Waals surface area contributed by atoms with Crippen LogP contribution in [0.25, 0.3) is 0 Å². The molecule has 1 heterocycles. The van der Waals surface area contributed by atoms with E-state index in [-0.39, 0.29) is 57.4 Å². The summed E-state index contributed by atoms with van der Waals surface area (Å²) >= 11 is 6.35. The molecule has 0 atom stereocenters. The number of ether oxygens (including phenoxy) is 3. The Labute approximate surface area is 259 Å². The summed E-state index contributed by atoms with van der Waals surface area (Å²) in [5, 5.41) is 5.13. The smallest absolute Gasteiger partial charge is 0.319 e. The van der Waals surface area contributed by atoms with Gasteiger partial charge in [-0.2, -0.15) is 4.98 Å². The van der Waals surface area contributed by atoms with Crippen LogP contribution in [0.4, 0.5) is 20.7 Å². The predicted octanol–water partition coefficient (Wildman–Crippen LogP) is 6.37. The summed E-state index contributed by atoms with van der Waals surface area (Å²) in [6.07, 6.45) is 1.09. The van der Waals surface area contributed by atoms with E-state index in [2.05, 4.69) is 25.3 Å². The molecule has 2 amide bonds. The molecule has 0 unspecified atom stereocenters. The Kier molecular flexibility index (Phi) is 10.1. The fraction of sp³-hybridized carbons (Fsp3) is 0.233. The van der Waals surface area contributed by atoms with E-state index in [0.29, 0.717) is 5.75 Å². The van der Waals surface area contributed by atoms with Crippen molar-refractivity contribution in [2.75, 3.05) is 30.3 Å². The van der Waals surface area contributed by atoms with Crippen molar-refractivity contribution in [1.29, 1.82) is 0 Å². The van der Waals surface area contributed by atoms with E-state index in [0.717, 1.165) is 11.9 Å². The van der Waals surface area contributed by atoms with Crippen molar-refractivity contribution in [3.8, 4) is 23.1 Å². The van der Waals surface area contributed by atoms with Crippen LogP contribution in [0.1, 0.15) is 26.3 Å². The Bertz CT molecular complexity index is 1730. The number of anilines is 2. The Morgan fingerprint density at radius 3 is 2.43 bits per heavy atom. The number of para-hydroxylation sites is 1. The van der Waals surface area contributed by atoms with Crippen LogP contribution in [0, 0.1) is 5.82 Å². The molecule has 4 aromatic rings. The van der Waals surface area contributed by atoms with Gasteiger partial charge in [-0.05, 0) is 47.4 Å². The maximum Gasteiger partial charge on any atom is 0.319 e. The van der Waals surface area contributed by atoms with E-state index in [4.69, 9.17) is 25.8 Å². The van der Waals surface area contributed by atoms with Crippen LogP contribution in [-0.2, 0) is 15.4 Å². The summed E-state index contributed by atoms with van der Waals surface area (Å²) in [7, 11) is -2.66. The number of sulfonamides is 1. The third-order valence-corrected chi connectivity index (χ3v) is 7.80. The van der Waals surface area contributed by atoms with E-state index in [1.165, 1.54) is 43.5 Å². The molecule has 0 aliphatic carbocycles. The number of amides is 2. The van der Waals surface area contributed by atoms with Gasteiger partial charge < -0.3 is 24.8 Å². The molecule has 0 saturated heterocycles. The minimum Gasteiger partial charge on any atom is -0.497 e. The number of nitrogens with one attached hydrogen (secondary N) is 3. The quantitative estimate of drug-likeness (QED) is 0.160. The molecular weight excluding hydrogens is 613 g/mol. The lowest BCUT2D eigenvalue weighted by atomic mass is 9.87. The van der Waals surface area contributed by atoms with Crippen molar-refractivity contribution < 1.29 is 31.8 Å². The van der Waals surface area contributed by atoms with E-state index in [9.17, 15) is 17.6 Å². The number of aromatic nitrogens is 2. The van der Waals surface area contributed by atoms with Gasteiger partial charge in [-0.3, -0.25) is 4.72 Å². The molecule has 0 radical (unpaired) electrons. The van der Waals surface area contributed by atoms with Crippen LogP contribution >= 0.6 is 11.6 Å². The minimum atomic E-state index is -4.13. The van der Waals surface area contributed by atoms with Crippen molar-refractivity contribution in [3.63, 3.8) is 0 Å². The van der Waals surface area contributed by atoms with Gasteiger partial charge in [0.25, 0.3) is 15.9 Å². The number of methoxy groups -OCH3 is 1. The van der Waals surface area contributed by atoms with Gasteiger partial charge in [0.1, 0.15) is 30.3 Å². The molecule has 3 aromatic carbocycles. The summed E-state index contributed by atoms with van der Waals surface area (Å²) in [4.78, 5) is 20.4. The molecule has 44 heavy (non-hydrogen) atoms. The normalized spacial score (nSPS) is 11.4. The van der Waals surface area contributed by atoms with Crippen molar-refractivity contribution >= 4 is 39.2 Å². The van der Waals surface area contributed by atoms with Gasteiger partial charge >= 0.3 is 6.03 Å². The Morgan fingerprint density at radius 1 is 1.02 bits per heavy atom. The first-order valence-corrected chi connectivity index (χ1v) is 15.2. The standard InChI is InChI=1S/C30H31ClFN5O6S/c1-30(2,3)19-9-12-21(13-10-19)44(39,40)37-27-26(43-25-17-20(41-4)11-14-22(25)31)28(35-18-34-27)42-16-15-33-29(38)36-24-8-6-5-7-23(24)32/h5-14,17-18H,15-16H2,1-4H3,(H2,33,36,38)(H,34,35,37). The van der Waals surface area contributed by atoms with Crippen molar-refractivity contribution in [1.82, 2.24) is 15.3 Å². The SMILES string of the molecule is COc1ccc(Cl)c(Oc2c(NS(=O)(=O)c3ccc(C(C)(C)C)cc3)ncnc2OCCNC(=O)Nc2ccccc2F)c1. The number of carbonyl (C=O) groups excluding carboxylic acids is 1. The second-order valence-electron chi connectivity index (χ2n) is 10.3. The number of urea groups is 1. The topological polar surface area (TPSA) is 141 Å². The average Bonchev–Trinajstić information content (AvgIpc) is 2.98. The zero-order valence-corrected chi connectivity index (χ0v) is 25.9. The van der Waals surface area contributed by atoms with Crippen LogP contribution in [0.15, 0.2) is 78.0 Å². The first-order chi connectivity index (χ1) is 20.9. The highest BCUT2D eigenvalue weighted by Gasteiger charge is 2.24. The van der Waals surface area contributed by atoms with Gasteiger partial charge in [-0.15, -0.1) is 0 Å². The highest BCUT2D eigenvalue weighted by Crippen LogP contribution is 2.40. The van der Waals surface area contributed by atoms with Gasteiger partial charge in [0.15, 0.2) is 5.82 Å². The van der Waals surface area contributed by atoms with Crippen LogP contribution in [0.3, 0.4) is 0 Å². The predicted molar refractivity (Wildman–Crippen MR) is 165 cm³/mol. The molecule has 0 bridgehead atoms. The molecule has 0 aliphatic heterocycles. The zero-order chi connectivity index (χ0) is 31.9. The number of hydrogen-bond acceptors (Lipinski definition) is 8. The molecule has 11 nitrogen and oxygen atoms in total. The monoisotopic (exact) mass is 643 g/mol. The Morgan fingerprint density at radius 2 is 1.75 bits per heavy atom. The molecule has 0 aliphatic rings. The fourth-order valence-corrected chi connectivity index (χ4v) is 4.95. The lowest BCUT2D eigenvalue weighted by Gasteiger charge is -2.19. The second-order valence-corrected chi connectivity index (χ2v) is 12.4. The number of nitrogens with zero attached hydrogens (tertiary/aromatic N) is 2. The van der Waals surface area contributed by atoms with E-state index in [1.54, 1.807) is 30.3 Å². The first kappa shape index (κ1) is 32.3. The molecule has 0 spiro atoms. The summed E-state index contributed by atoms with van der Waals surface area (Å²) < 4.78 is 60.0. The number of rotatable bonds is 11. The first-order valence-electron chi connectivity index (χ1n) is 13.3. The third-order valence-electron chi connectivity index (χ3n) is 6.13. The molecule has 1 aromatic heterocycles. The lowest BCUT2D eigenvalue weighted by molar-refractivity contribution is 0.245. The highest BCUT2D eigenvalue weighted by atomic mass is 35.5. The van der Waals surface area contributed by atoms with Crippen LogP contribution < -0.4 is 29.6 Å². The van der Waals surface area contributed by atoms with Crippen LogP contribution in [0.2, 0.25) is 5.02 Å². The van der Waals surface area contributed by atoms with Gasteiger partial charge in [-0.25, -0.2) is 22.6 Å². The van der Waals surface area contributed by atoms with E-state index < -0.39 is 21.9 Å². The van der Waals surface area contributed by atoms with Crippen LogP contribution in [-0.4, -0.2) is 44.7 Å². The van der Waals surface area contributed by atoms with Gasteiger partial charge in [0.2, 0.25) is 5.75 Å². The molecule has 232 valence electrons. The van der Waals surface area contributed by atoms with Crippen molar-refractivity contribution in [3.05, 3.63) is 89.5 Å². The van der Waals surface area contributed by atoms with Gasteiger partial charge in [0.05, 0.1) is 29.3 Å². The Balaban J connectivity index is 1.56. The van der Waals surface area contributed by atoms with Gasteiger partial charge in [0, 0.05) is 6.07 Å². The maximum atomic E-state index is 13.8. The molecular formula is C30H31ClFN5O6S. The highest BCUT2D eigenvalue weighted by molar-refractivity contribution is 7.92. The molecule has 14 heteroatoms. The zero-order valence-electron chi connectivity index (χ0n) is 24.4. The Hall–Kier alpha value is -4.62. The molecule has 3 N–H and O–H groups in total. The summed E-state index contributed by atoms with van der Waals surface area (Å²) in [6, 6.07) is 16.2. The molecule has 4 rings (SSSR count). The van der Waals surface area contributed by atoms with E-state index in [1.807, 2.05) is 20.8 Å². The minimum absolute atomic E-state index is 0.00186. The largest absolute Gasteiger partial charge is 0.497 e. The van der Waals surface area contributed by atoms with Crippen molar-refractivity contribution in [2.24, 2.45) is 0 Å². The average molecular weight is 644 g/mol. The van der Waals surface area contributed by atoms with E-state index >= 15 is 0 Å². The second kappa shape index (κ2) is 13.8. The lowest BCUT2D eigenvalue weighted by Crippen LogP contribution is -2.32. The maximum absolute atomic E-state index is 13.8. The molecule has 0 saturated carbocycles. The van der Waals surface area contributed by atoms with Crippen LogP contribution in [0.5, 0.6) is 23.1 Å².